The highest BCUT2D eigenvalue weighted by atomic mass is 35.5. The molecule has 1 aromatic rings. The lowest BCUT2D eigenvalue weighted by atomic mass is 10.0. The van der Waals surface area contributed by atoms with Crippen LogP contribution in [0.2, 0.25) is 5.02 Å². The Labute approximate surface area is 130 Å². The maximum Gasteiger partial charge on any atom is 0.340 e. The zero-order chi connectivity index (χ0) is 15.1. The second-order valence-corrected chi connectivity index (χ2v) is 5.55. The quantitative estimate of drug-likeness (QED) is 0.397. The summed E-state index contributed by atoms with van der Waals surface area (Å²) >= 11 is 5.81. The lowest BCUT2D eigenvalue weighted by Crippen LogP contribution is -2.27. The van der Waals surface area contributed by atoms with Gasteiger partial charge in [-0.05, 0) is 56.9 Å². The minimum atomic E-state index is -0.646. The largest absolute Gasteiger partial charge is 0.494 e. The summed E-state index contributed by atoms with van der Waals surface area (Å²) in [5, 5.41) is 0.705. The van der Waals surface area contributed by atoms with Crippen LogP contribution >= 0.6 is 11.6 Å². The number of unbranched alkanes of at least 4 members (excludes halogenated alkanes) is 2. The van der Waals surface area contributed by atoms with E-state index in [0.29, 0.717) is 24.8 Å². The molecule has 1 heterocycles. The van der Waals surface area contributed by atoms with E-state index >= 15 is 0 Å². The Morgan fingerprint density at radius 3 is 2.62 bits per heavy atom. The fourth-order valence-corrected chi connectivity index (χ4v) is 2.25. The summed E-state index contributed by atoms with van der Waals surface area (Å²) in [6, 6.07) is 7.33. The van der Waals surface area contributed by atoms with Gasteiger partial charge in [-0.1, -0.05) is 11.6 Å². The third-order valence-corrected chi connectivity index (χ3v) is 3.70. The number of epoxide rings is 1. The molecule has 1 saturated heterocycles. The molecule has 0 aliphatic carbocycles. The molecule has 1 atom stereocenters. The van der Waals surface area contributed by atoms with Gasteiger partial charge in [0.15, 0.2) is 5.60 Å². The van der Waals surface area contributed by atoms with Crippen molar-refractivity contribution >= 4 is 17.6 Å². The fraction of sp³-hybridized carbons (Fsp3) is 0.562. The van der Waals surface area contributed by atoms with Crippen LogP contribution in [0.5, 0.6) is 5.75 Å². The van der Waals surface area contributed by atoms with Crippen LogP contribution in [0.1, 0.15) is 32.6 Å². The fourth-order valence-electron chi connectivity index (χ4n) is 2.12. The molecule has 21 heavy (non-hydrogen) atoms. The number of carbonyl (C=O) groups is 1. The minimum absolute atomic E-state index is 0.220. The zero-order valence-electron chi connectivity index (χ0n) is 12.3. The van der Waals surface area contributed by atoms with Crippen molar-refractivity contribution in [3.05, 3.63) is 29.3 Å². The summed E-state index contributed by atoms with van der Waals surface area (Å²) in [4.78, 5) is 11.7. The van der Waals surface area contributed by atoms with Crippen LogP contribution in [-0.2, 0) is 14.3 Å². The van der Waals surface area contributed by atoms with Crippen molar-refractivity contribution in [2.75, 3.05) is 19.8 Å². The van der Waals surface area contributed by atoms with Gasteiger partial charge in [0.1, 0.15) is 5.75 Å². The van der Waals surface area contributed by atoms with Crippen LogP contribution in [0, 0.1) is 0 Å². The Morgan fingerprint density at radius 1 is 1.29 bits per heavy atom. The molecule has 2 rings (SSSR count). The number of ether oxygens (including phenoxy) is 3. The molecule has 0 bridgehead atoms. The van der Waals surface area contributed by atoms with E-state index < -0.39 is 5.60 Å². The predicted molar refractivity (Wildman–Crippen MR) is 80.7 cm³/mol. The highest BCUT2D eigenvalue weighted by Crippen LogP contribution is 2.34. The Bertz CT molecular complexity index is 454. The van der Waals surface area contributed by atoms with Gasteiger partial charge in [0.25, 0.3) is 0 Å². The Morgan fingerprint density at radius 2 is 2.00 bits per heavy atom. The van der Waals surface area contributed by atoms with Gasteiger partial charge in [-0.3, -0.25) is 0 Å². The molecule has 1 aliphatic heterocycles. The summed E-state index contributed by atoms with van der Waals surface area (Å²) in [6.45, 7) is 3.36. The third kappa shape index (κ3) is 4.90. The molecule has 0 spiro atoms. The van der Waals surface area contributed by atoms with Crippen molar-refractivity contribution in [3.63, 3.8) is 0 Å². The Kier molecular flexibility index (Phi) is 5.88. The van der Waals surface area contributed by atoms with Gasteiger partial charge >= 0.3 is 5.97 Å². The third-order valence-electron chi connectivity index (χ3n) is 3.45. The molecule has 0 N–H and O–H groups in total. The number of carbonyl (C=O) groups excluding carboxylic acids is 1. The number of esters is 1. The standard InChI is InChI=1S/C16H21ClO4/c1-2-19-15(18)16(12-21-16)10-4-3-5-11-20-14-8-6-13(17)7-9-14/h6-9H,2-5,10-12H2,1H3. The molecule has 0 radical (unpaired) electrons. The maximum atomic E-state index is 11.7. The highest BCUT2D eigenvalue weighted by Gasteiger charge is 2.52. The number of halogens is 1. The molecule has 1 aliphatic rings. The van der Waals surface area contributed by atoms with Crippen LogP contribution < -0.4 is 4.74 Å². The van der Waals surface area contributed by atoms with Gasteiger partial charge in [0, 0.05) is 5.02 Å². The summed E-state index contributed by atoms with van der Waals surface area (Å²) in [5.41, 5.74) is -0.646. The van der Waals surface area contributed by atoms with Crippen molar-refractivity contribution in [1.29, 1.82) is 0 Å². The van der Waals surface area contributed by atoms with Crippen LogP contribution in [0.3, 0.4) is 0 Å². The van der Waals surface area contributed by atoms with Crippen LogP contribution in [-0.4, -0.2) is 31.4 Å². The summed E-state index contributed by atoms with van der Waals surface area (Å²) < 4.78 is 15.9. The molecular formula is C16H21ClO4. The smallest absolute Gasteiger partial charge is 0.340 e. The Hall–Kier alpha value is -1.26. The molecule has 1 unspecified atom stereocenters. The van der Waals surface area contributed by atoms with Gasteiger partial charge in [0.05, 0.1) is 19.8 Å². The van der Waals surface area contributed by atoms with Crippen molar-refractivity contribution in [2.24, 2.45) is 0 Å². The second kappa shape index (κ2) is 7.66. The van der Waals surface area contributed by atoms with Gasteiger partial charge < -0.3 is 14.2 Å². The summed E-state index contributed by atoms with van der Waals surface area (Å²) in [7, 11) is 0. The van der Waals surface area contributed by atoms with Crippen LogP contribution in [0.25, 0.3) is 0 Å². The lowest BCUT2D eigenvalue weighted by molar-refractivity contribution is -0.149. The molecular weight excluding hydrogens is 292 g/mol. The Balaban J connectivity index is 1.56. The summed E-state index contributed by atoms with van der Waals surface area (Å²) in [6.07, 6.45) is 3.61. The van der Waals surface area contributed by atoms with Crippen molar-refractivity contribution < 1.29 is 19.0 Å². The van der Waals surface area contributed by atoms with Gasteiger partial charge in [-0.2, -0.15) is 0 Å². The van der Waals surface area contributed by atoms with Crippen molar-refractivity contribution in [3.8, 4) is 5.75 Å². The number of hydrogen-bond donors (Lipinski definition) is 0. The maximum absolute atomic E-state index is 11.7. The van der Waals surface area contributed by atoms with E-state index in [2.05, 4.69) is 0 Å². The number of benzene rings is 1. The number of hydrogen-bond acceptors (Lipinski definition) is 4. The molecule has 0 amide bonds. The van der Waals surface area contributed by atoms with Gasteiger partial charge in [-0.25, -0.2) is 4.79 Å². The monoisotopic (exact) mass is 312 g/mol. The van der Waals surface area contributed by atoms with Crippen molar-refractivity contribution in [1.82, 2.24) is 0 Å². The highest BCUT2D eigenvalue weighted by molar-refractivity contribution is 6.30. The van der Waals surface area contributed by atoms with E-state index in [9.17, 15) is 4.79 Å². The first-order valence-corrected chi connectivity index (χ1v) is 7.74. The van der Waals surface area contributed by atoms with Crippen LogP contribution in [0.15, 0.2) is 24.3 Å². The first-order valence-electron chi connectivity index (χ1n) is 7.36. The van der Waals surface area contributed by atoms with E-state index in [1.54, 1.807) is 0 Å². The van der Waals surface area contributed by atoms with E-state index in [-0.39, 0.29) is 5.97 Å². The van der Waals surface area contributed by atoms with Crippen molar-refractivity contribution in [2.45, 2.75) is 38.2 Å². The van der Waals surface area contributed by atoms with E-state index in [1.807, 2.05) is 31.2 Å². The molecule has 5 heteroatoms. The van der Waals surface area contributed by atoms with Crippen LogP contribution in [0.4, 0.5) is 0 Å². The first kappa shape index (κ1) is 16.1. The molecule has 4 nitrogen and oxygen atoms in total. The average Bonchev–Trinajstić information content (AvgIpc) is 3.26. The summed E-state index contributed by atoms with van der Waals surface area (Å²) in [5.74, 6) is 0.607. The average molecular weight is 313 g/mol. The first-order chi connectivity index (χ1) is 10.2. The molecule has 0 aromatic heterocycles. The van der Waals surface area contributed by atoms with Gasteiger partial charge in [-0.15, -0.1) is 0 Å². The van der Waals surface area contributed by atoms with E-state index in [4.69, 9.17) is 25.8 Å². The van der Waals surface area contributed by atoms with E-state index in [1.165, 1.54) is 0 Å². The molecule has 116 valence electrons. The molecule has 1 aromatic carbocycles. The second-order valence-electron chi connectivity index (χ2n) is 5.12. The normalized spacial score (nSPS) is 20.1. The number of rotatable bonds is 9. The SMILES string of the molecule is CCOC(=O)C1(CCCCCOc2ccc(Cl)cc2)CO1. The zero-order valence-corrected chi connectivity index (χ0v) is 13.0. The molecule has 1 fully saturated rings. The lowest BCUT2D eigenvalue weighted by Gasteiger charge is -2.10. The molecule has 0 saturated carbocycles. The topological polar surface area (TPSA) is 48.1 Å². The minimum Gasteiger partial charge on any atom is -0.494 e. The predicted octanol–water partition coefficient (Wildman–Crippen LogP) is 3.61. The van der Waals surface area contributed by atoms with E-state index in [0.717, 1.165) is 31.4 Å². The van der Waals surface area contributed by atoms with Gasteiger partial charge in [0.2, 0.25) is 0 Å².